The first kappa shape index (κ1) is 19.7. The van der Waals surface area contributed by atoms with Crippen LogP contribution in [0.25, 0.3) is 10.9 Å². The van der Waals surface area contributed by atoms with Crippen molar-refractivity contribution in [2.75, 3.05) is 32.8 Å². The third kappa shape index (κ3) is 4.23. The van der Waals surface area contributed by atoms with Gasteiger partial charge in [-0.1, -0.05) is 12.1 Å². The van der Waals surface area contributed by atoms with Crippen LogP contribution in [0.5, 0.6) is 0 Å². The molecule has 0 spiro atoms. The van der Waals surface area contributed by atoms with Gasteiger partial charge in [-0.05, 0) is 24.6 Å². The summed E-state index contributed by atoms with van der Waals surface area (Å²) in [6.07, 6.45) is 0.969. The number of aromatic nitrogens is 1. The van der Waals surface area contributed by atoms with Crippen molar-refractivity contribution in [3.8, 4) is 6.07 Å². The van der Waals surface area contributed by atoms with E-state index in [4.69, 9.17) is 9.47 Å². The number of morpholine rings is 2. The molecule has 4 rings (SSSR count). The van der Waals surface area contributed by atoms with Crippen molar-refractivity contribution in [2.24, 2.45) is 0 Å². The maximum absolute atomic E-state index is 12.4. The molecule has 29 heavy (non-hydrogen) atoms. The fourth-order valence-corrected chi connectivity index (χ4v) is 3.90. The van der Waals surface area contributed by atoms with E-state index in [1.807, 2.05) is 18.2 Å². The average molecular weight is 395 g/mol. The summed E-state index contributed by atoms with van der Waals surface area (Å²) in [4.78, 5) is 16.8. The SMILES string of the molecule is C[C@@H]1CO[C@H](CNC(=O)C2CNCCO2)[C@@H](c2ccc(C#N)c3ncccc23)N1. The zero-order chi connectivity index (χ0) is 20.2. The predicted molar refractivity (Wildman–Crippen MR) is 107 cm³/mol. The Kier molecular flexibility index (Phi) is 6.02. The number of rotatable bonds is 4. The lowest BCUT2D eigenvalue weighted by Crippen LogP contribution is -2.54. The molecular formula is C21H25N5O3. The number of nitrogens with one attached hydrogen (secondary N) is 3. The van der Waals surface area contributed by atoms with Gasteiger partial charge >= 0.3 is 0 Å². The van der Waals surface area contributed by atoms with E-state index < -0.39 is 6.10 Å². The molecule has 8 heteroatoms. The minimum absolute atomic E-state index is 0.135. The third-order valence-electron chi connectivity index (χ3n) is 5.35. The Hall–Kier alpha value is -2.57. The van der Waals surface area contributed by atoms with E-state index in [0.29, 0.717) is 37.4 Å². The summed E-state index contributed by atoms with van der Waals surface area (Å²) < 4.78 is 11.6. The molecule has 3 heterocycles. The van der Waals surface area contributed by atoms with Gasteiger partial charge in [0.1, 0.15) is 12.2 Å². The minimum Gasteiger partial charge on any atom is -0.373 e. The summed E-state index contributed by atoms with van der Waals surface area (Å²) in [7, 11) is 0. The monoisotopic (exact) mass is 395 g/mol. The minimum atomic E-state index is -0.474. The summed E-state index contributed by atoms with van der Waals surface area (Å²) in [5, 5.41) is 20.0. The van der Waals surface area contributed by atoms with Crippen LogP contribution < -0.4 is 16.0 Å². The second kappa shape index (κ2) is 8.84. The van der Waals surface area contributed by atoms with E-state index in [9.17, 15) is 10.1 Å². The number of pyridine rings is 1. The molecule has 2 aromatic rings. The molecule has 2 fully saturated rings. The fourth-order valence-electron chi connectivity index (χ4n) is 3.90. The molecule has 8 nitrogen and oxygen atoms in total. The van der Waals surface area contributed by atoms with E-state index in [2.05, 4.69) is 33.9 Å². The van der Waals surface area contributed by atoms with Crippen molar-refractivity contribution < 1.29 is 14.3 Å². The fraction of sp³-hybridized carbons (Fsp3) is 0.476. The Morgan fingerprint density at radius 1 is 1.38 bits per heavy atom. The molecular weight excluding hydrogens is 370 g/mol. The number of carbonyl (C=O) groups excluding carboxylic acids is 1. The molecule has 1 unspecified atom stereocenters. The summed E-state index contributed by atoms with van der Waals surface area (Å²) in [6.45, 7) is 4.80. The summed E-state index contributed by atoms with van der Waals surface area (Å²) in [5.41, 5.74) is 2.23. The van der Waals surface area contributed by atoms with Crippen molar-refractivity contribution in [1.82, 2.24) is 20.9 Å². The standard InChI is InChI=1S/C21H25N5O3/c1-13-12-29-17(11-25-21(27)18-10-23-7-8-28-18)20(26-13)16-5-4-14(9-22)19-15(16)3-2-6-24-19/h2-6,13,17-18,20,23,26H,7-8,10-12H2,1H3,(H,25,27)/t13-,17-,18?,20-/m1/s1. The quantitative estimate of drug-likeness (QED) is 0.697. The van der Waals surface area contributed by atoms with Gasteiger partial charge in [0.05, 0.1) is 36.4 Å². The zero-order valence-corrected chi connectivity index (χ0v) is 16.4. The highest BCUT2D eigenvalue weighted by Gasteiger charge is 2.33. The van der Waals surface area contributed by atoms with E-state index >= 15 is 0 Å². The van der Waals surface area contributed by atoms with Gasteiger partial charge in [-0.3, -0.25) is 9.78 Å². The van der Waals surface area contributed by atoms with Crippen LogP contribution in [0.2, 0.25) is 0 Å². The number of nitriles is 1. The number of ether oxygens (including phenoxy) is 2. The lowest BCUT2D eigenvalue weighted by atomic mass is 9.93. The van der Waals surface area contributed by atoms with Crippen LogP contribution in [0.1, 0.15) is 24.1 Å². The second-order valence-electron chi connectivity index (χ2n) is 7.44. The van der Waals surface area contributed by atoms with Gasteiger partial charge in [0.25, 0.3) is 5.91 Å². The Balaban J connectivity index is 1.56. The highest BCUT2D eigenvalue weighted by molar-refractivity contribution is 5.87. The number of nitrogens with zero attached hydrogens (tertiary/aromatic N) is 2. The van der Waals surface area contributed by atoms with Crippen molar-refractivity contribution in [2.45, 2.75) is 31.2 Å². The van der Waals surface area contributed by atoms with Gasteiger partial charge in [0.2, 0.25) is 0 Å². The molecule has 2 aliphatic heterocycles. The smallest absolute Gasteiger partial charge is 0.250 e. The summed E-state index contributed by atoms with van der Waals surface area (Å²) in [5.74, 6) is -0.135. The van der Waals surface area contributed by atoms with Gasteiger partial charge in [0, 0.05) is 37.3 Å². The van der Waals surface area contributed by atoms with Crippen LogP contribution in [0, 0.1) is 11.3 Å². The number of amides is 1. The first-order valence-corrected chi connectivity index (χ1v) is 9.93. The predicted octanol–water partition coefficient (Wildman–Crippen LogP) is 0.629. The van der Waals surface area contributed by atoms with E-state index in [1.54, 1.807) is 12.3 Å². The molecule has 1 aromatic heterocycles. The van der Waals surface area contributed by atoms with Crippen LogP contribution in [0.15, 0.2) is 30.5 Å². The van der Waals surface area contributed by atoms with Crippen LogP contribution >= 0.6 is 0 Å². The molecule has 1 amide bonds. The first-order valence-electron chi connectivity index (χ1n) is 9.93. The second-order valence-corrected chi connectivity index (χ2v) is 7.44. The van der Waals surface area contributed by atoms with Gasteiger partial charge in [-0.15, -0.1) is 0 Å². The van der Waals surface area contributed by atoms with Crippen molar-refractivity contribution >= 4 is 16.8 Å². The number of hydrogen-bond acceptors (Lipinski definition) is 7. The van der Waals surface area contributed by atoms with Gasteiger partial charge in [0.15, 0.2) is 0 Å². The first-order chi connectivity index (χ1) is 14.2. The summed E-state index contributed by atoms with van der Waals surface area (Å²) >= 11 is 0. The number of hydrogen-bond donors (Lipinski definition) is 3. The van der Waals surface area contributed by atoms with Crippen molar-refractivity contribution in [3.05, 3.63) is 41.6 Å². The van der Waals surface area contributed by atoms with Gasteiger partial charge < -0.3 is 25.4 Å². The maximum atomic E-state index is 12.4. The lowest BCUT2D eigenvalue weighted by Gasteiger charge is -2.37. The van der Waals surface area contributed by atoms with Crippen molar-refractivity contribution in [3.63, 3.8) is 0 Å². The van der Waals surface area contributed by atoms with Crippen LogP contribution in [0.4, 0.5) is 0 Å². The highest BCUT2D eigenvalue weighted by atomic mass is 16.5. The third-order valence-corrected chi connectivity index (χ3v) is 5.35. The van der Waals surface area contributed by atoms with E-state index in [0.717, 1.165) is 17.5 Å². The Bertz CT molecular complexity index is 922. The molecule has 152 valence electrons. The lowest BCUT2D eigenvalue weighted by molar-refractivity contribution is -0.135. The van der Waals surface area contributed by atoms with E-state index in [1.165, 1.54) is 0 Å². The molecule has 1 aromatic carbocycles. The maximum Gasteiger partial charge on any atom is 0.250 e. The number of fused-ring (bicyclic) bond motifs is 1. The van der Waals surface area contributed by atoms with E-state index in [-0.39, 0.29) is 24.1 Å². The highest BCUT2D eigenvalue weighted by Crippen LogP contribution is 2.30. The number of carbonyl (C=O) groups is 1. The normalized spacial score (nSPS) is 27.3. The van der Waals surface area contributed by atoms with Crippen LogP contribution in [0.3, 0.4) is 0 Å². The Morgan fingerprint density at radius 2 is 2.28 bits per heavy atom. The van der Waals surface area contributed by atoms with Gasteiger partial charge in [-0.2, -0.15) is 5.26 Å². The van der Waals surface area contributed by atoms with Crippen LogP contribution in [-0.4, -0.2) is 62.0 Å². The topological polar surface area (TPSA) is 108 Å². The molecule has 4 atom stereocenters. The molecule has 0 saturated carbocycles. The molecule has 0 radical (unpaired) electrons. The largest absolute Gasteiger partial charge is 0.373 e. The molecule has 3 N–H and O–H groups in total. The van der Waals surface area contributed by atoms with Crippen LogP contribution in [-0.2, 0) is 14.3 Å². The average Bonchev–Trinajstić information content (AvgIpc) is 2.78. The zero-order valence-electron chi connectivity index (χ0n) is 16.4. The molecule has 2 aliphatic rings. The Labute approximate surface area is 169 Å². The molecule has 2 saturated heterocycles. The molecule has 0 aliphatic carbocycles. The summed E-state index contributed by atoms with van der Waals surface area (Å²) in [6, 6.07) is 9.81. The molecule has 0 bridgehead atoms. The number of benzene rings is 1. The van der Waals surface area contributed by atoms with Gasteiger partial charge in [-0.25, -0.2) is 0 Å². The Morgan fingerprint density at radius 3 is 3.07 bits per heavy atom. The van der Waals surface area contributed by atoms with Crippen molar-refractivity contribution in [1.29, 1.82) is 5.26 Å².